The number of aromatic nitrogens is 4. The van der Waals surface area contributed by atoms with Crippen molar-refractivity contribution in [2.45, 2.75) is 61.9 Å². The Labute approximate surface area is 202 Å². The molecular formula is C18H26N5O8PS2. The zero-order chi connectivity index (χ0) is 24.3. The average Bonchev–Trinajstić information content (AvgIpc) is 3.51. The van der Waals surface area contributed by atoms with Gasteiger partial charge in [0, 0.05) is 17.4 Å². The van der Waals surface area contributed by atoms with Crippen molar-refractivity contribution in [1.82, 2.24) is 19.5 Å². The van der Waals surface area contributed by atoms with E-state index in [-0.39, 0.29) is 17.9 Å². The molecule has 4 rings (SSSR count). The van der Waals surface area contributed by atoms with Crippen LogP contribution in [0.15, 0.2) is 12.7 Å². The molecule has 2 aliphatic heterocycles. The SMILES string of the molecule is Nc1ncnc2c1ncn2[C@@H]1O[C@H](COP(=O)(O)OC(=O)CCCCC2CCSS2)[C@@H](O)[C@H]1O. The Hall–Kier alpha value is -1.45. The molecular weight excluding hydrogens is 509 g/mol. The number of aliphatic hydroxyl groups excluding tert-OH is 2. The van der Waals surface area contributed by atoms with Crippen LogP contribution < -0.4 is 5.73 Å². The Balaban J connectivity index is 1.26. The van der Waals surface area contributed by atoms with Crippen LogP contribution in [0.25, 0.3) is 11.2 Å². The molecule has 0 aromatic carbocycles. The molecule has 6 atom stereocenters. The van der Waals surface area contributed by atoms with E-state index in [9.17, 15) is 24.5 Å². The number of unbranched alkanes of at least 4 members (excludes halogenated alkanes) is 1. The summed E-state index contributed by atoms with van der Waals surface area (Å²) in [5, 5.41) is 21.4. The van der Waals surface area contributed by atoms with Crippen molar-refractivity contribution < 1.29 is 38.3 Å². The van der Waals surface area contributed by atoms with Gasteiger partial charge in [0.15, 0.2) is 17.7 Å². The van der Waals surface area contributed by atoms with Crippen LogP contribution in [0.1, 0.15) is 38.3 Å². The largest absolute Gasteiger partial charge is 0.529 e. The number of hydrogen-bond donors (Lipinski definition) is 4. The summed E-state index contributed by atoms with van der Waals surface area (Å²) < 4.78 is 28.6. The highest BCUT2D eigenvalue weighted by Crippen LogP contribution is 2.45. The van der Waals surface area contributed by atoms with E-state index in [0.717, 1.165) is 25.0 Å². The molecule has 2 aromatic rings. The van der Waals surface area contributed by atoms with Crippen LogP contribution in [0.3, 0.4) is 0 Å². The maximum absolute atomic E-state index is 12.2. The van der Waals surface area contributed by atoms with Gasteiger partial charge in [-0.1, -0.05) is 28.0 Å². The van der Waals surface area contributed by atoms with Gasteiger partial charge in [-0.2, -0.15) is 0 Å². The lowest BCUT2D eigenvalue weighted by molar-refractivity contribution is -0.136. The summed E-state index contributed by atoms with van der Waals surface area (Å²) in [6, 6.07) is 0. The molecule has 0 bridgehead atoms. The van der Waals surface area contributed by atoms with Crippen LogP contribution in [0.4, 0.5) is 5.82 Å². The van der Waals surface area contributed by atoms with Crippen molar-refractivity contribution >= 4 is 52.4 Å². The summed E-state index contributed by atoms with van der Waals surface area (Å²) in [6.45, 7) is -0.601. The van der Waals surface area contributed by atoms with E-state index in [2.05, 4.69) is 19.5 Å². The lowest BCUT2D eigenvalue weighted by atomic mass is 10.1. The van der Waals surface area contributed by atoms with Crippen LogP contribution in [0, 0.1) is 0 Å². The third-order valence-corrected chi connectivity index (χ3v) is 9.42. The fourth-order valence-corrected chi connectivity index (χ4v) is 7.49. The Morgan fingerprint density at radius 1 is 1.29 bits per heavy atom. The minimum Gasteiger partial charge on any atom is -0.387 e. The number of nitrogens with zero attached hydrogens (tertiary/aromatic N) is 4. The Morgan fingerprint density at radius 3 is 2.88 bits per heavy atom. The zero-order valence-electron chi connectivity index (χ0n) is 18.0. The van der Waals surface area contributed by atoms with Crippen molar-refractivity contribution in [2.24, 2.45) is 0 Å². The van der Waals surface area contributed by atoms with Gasteiger partial charge >= 0.3 is 13.8 Å². The van der Waals surface area contributed by atoms with E-state index >= 15 is 0 Å². The molecule has 0 spiro atoms. The number of nitrogen functional groups attached to an aromatic ring is 1. The minimum atomic E-state index is -4.73. The highest BCUT2D eigenvalue weighted by Gasteiger charge is 2.45. The highest BCUT2D eigenvalue weighted by molar-refractivity contribution is 8.77. The molecule has 0 saturated carbocycles. The molecule has 4 heterocycles. The molecule has 2 unspecified atom stereocenters. The molecule has 0 amide bonds. The number of carbonyl (C=O) groups is 1. The van der Waals surface area contributed by atoms with Gasteiger partial charge in [0.2, 0.25) is 0 Å². The number of nitrogens with two attached hydrogens (primary N) is 1. The van der Waals surface area contributed by atoms with Crippen molar-refractivity contribution in [3.8, 4) is 0 Å². The summed E-state index contributed by atoms with van der Waals surface area (Å²) in [7, 11) is -1.02. The van der Waals surface area contributed by atoms with Gasteiger partial charge in [-0.25, -0.2) is 19.5 Å². The second kappa shape index (κ2) is 11.1. The van der Waals surface area contributed by atoms with Crippen molar-refractivity contribution in [2.75, 3.05) is 18.1 Å². The van der Waals surface area contributed by atoms with E-state index in [1.165, 1.54) is 17.2 Å². The smallest absolute Gasteiger partial charge is 0.387 e. The molecule has 13 nitrogen and oxygen atoms in total. The Kier molecular flexibility index (Phi) is 8.36. The fraction of sp³-hybridized carbons (Fsp3) is 0.667. The second-order valence-electron chi connectivity index (χ2n) is 7.93. The van der Waals surface area contributed by atoms with E-state index in [0.29, 0.717) is 17.2 Å². The lowest BCUT2D eigenvalue weighted by Gasteiger charge is -2.17. The summed E-state index contributed by atoms with van der Waals surface area (Å²) in [5.74, 6) is 0.435. The van der Waals surface area contributed by atoms with E-state index < -0.39 is 44.9 Å². The normalized spacial score (nSPS) is 28.9. The molecule has 0 aliphatic carbocycles. The third-order valence-electron chi connectivity index (χ3n) is 5.50. The topological polar surface area (TPSA) is 192 Å². The fourth-order valence-electron chi connectivity index (χ4n) is 3.73. The maximum Gasteiger partial charge on any atom is 0.529 e. The molecule has 2 aliphatic rings. The van der Waals surface area contributed by atoms with Gasteiger partial charge in [0.1, 0.15) is 30.2 Å². The van der Waals surface area contributed by atoms with Gasteiger partial charge < -0.3 is 25.2 Å². The summed E-state index contributed by atoms with van der Waals surface area (Å²) in [6.07, 6.45) is 0.893. The average molecular weight is 536 g/mol. The number of rotatable bonds is 10. The van der Waals surface area contributed by atoms with Gasteiger partial charge in [0.25, 0.3) is 0 Å². The number of imidazole rings is 1. The summed E-state index contributed by atoms with van der Waals surface area (Å²) in [4.78, 5) is 33.8. The quantitative estimate of drug-likeness (QED) is 0.194. The van der Waals surface area contributed by atoms with Crippen molar-refractivity contribution in [1.29, 1.82) is 0 Å². The number of phosphoric acid groups is 1. The lowest BCUT2D eigenvalue weighted by Crippen LogP contribution is -2.33. The van der Waals surface area contributed by atoms with E-state index in [1.807, 2.05) is 21.6 Å². The molecule has 2 aromatic heterocycles. The van der Waals surface area contributed by atoms with Gasteiger partial charge in [-0.3, -0.25) is 18.8 Å². The molecule has 5 N–H and O–H groups in total. The molecule has 0 radical (unpaired) electrons. The number of aliphatic hydroxyl groups is 2. The van der Waals surface area contributed by atoms with Crippen LogP contribution in [-0.2, 0) is 23.1 Å². The summed E-state index contributed by atoms with van der Waals surface area (Å²) in [5.41, 5.74) is 6.32. The second-order valence-corrected chi connectivity index (χ2v) is 12.1. The monoisotopic (exact) mass is 535 g/mol. The Morgan fingerprint density at radius 2 is 2.12 bits per heavy atom. The van der Waals surface area contributed by atoms with Crippen molar-refractivity contribution in [3.63, 3.8) is 0 Å². The number of fused-ring (bicyclic) bond motifs is 1. The summed E-state index contributed by atoms with van der Waals surface area (Å²) >= 11 is 0. The first-order valence-corrected chi connectivity index (χ1v) is 14.6. The predicted molar refractivity (Wildman–Crippen MR) is 124 cm³/mol. The molecule has 188 valence electrons. The van der Waals surface area contributed by atoms with Crippen LogP contribution in [0.2, 0.25) is 0 Å². The first kappa shape index (κ1) is 25.6. The Bertz CT molecular complexity index is 1050. The first-order valence-electron chi connectivity index (χ1n) is 10.7. The molecule has 2 saturated heterocycles. The maximum atomic E-state index is 12.2. The first-order chi connectivity index (χ1) is 16.2. The number of hydrogen-bond acceptors (Lipinski definition) is 13. The van der Waals surface area contributed by atoms with Crippen molar-refractivity contribution in [3.05, 3.63) is 12.7 Å². The third kappa shape index (κ3) is 6.02. The number of phosphoric ester groups is 1. The molecule has 16 heteroatoms. The standard InChI is InChI=1S/C18H26N5O8PS2/c19-16-13-17(21-8-20-16)23(9-22-13)18-15(26)14(25)11(30-18)7-29-32(27,28)31-12(24)4-2-1-3-10-5-6-33-34-10/h8-11,14-15,18,25-26H,1-7H2,(H,27,28)(H2,19,20,21)/t10?,11-,14-,15-,18-/m1/s1. The number of anilines is 1. The zero-order valence-corrected chi connectivity index (χ0v) is 20.5. The molecule has 2 fully saturated rings. The van der Waals surface area contributed by atoms with Gasteiger partial charge in [-0.05, 0) is 19.3 Å². The number of carbonyl (C=O) groups excluding carboxylic acids is 1. The van der Waals surface area contributed by atoms with E-state index in [4.69, 9.17) is 15.0 Å². The van der Waals surface area contributed by atoms with Crippen LogP contribution in [-0.4, -0.2) is 76.5 Å². The van der Waals surface area contributed by atoms with E-state index in [1.54, 1.807) is 0 Å². The minimum absolute atomic E-state index is 0.000469. The van der Waals surface area contributed by atoms with Gasteiger partial charge in [0.05, 0.1) is 12.9 Å². The van der Waals surface area contributed by atoms with Crippen LogP contribution >= 0.6 is 29.4 Å². The van der Waals surface area contributed by atoms with Gasteiger partial charge in [-0.15, -0.1) is 0 Å². The number of ether oxygens (including phenoxy) is 1. The predicted octanol–water partition coefficient (Wildman–Crippen LogP) is 1.40. The van der Waals surface area contributed by atoms with Crippen LogP contribution in [0.5, 0.6) is 0 Å². The molecule has 34 heavy (non-hydrogen) atoms. The highest BCUT2D eigenvalue weighted by atomic mass is 33.1.